The van der Waals surface area contributed by atoms with E-state index in [1.165, 1.54) is 5.56 Å². The van der Waals surface area contributed by atoms with E-state index in [0.29, 0.717) is 12.5 Å². The molecule has 104 valence electrons. The van der Waals surface area contributed by atoms with Crippen LogP contribution >= 0.6 is 0 Å². The molecule has 1 rings (SSSR count). The summed E-state index contributed by atoms with van der Waals surface area (Å²) in [5.74, 6) is -0.294. The molecule has 1 aromatic rings. The average Bonchev–Trinajstić information content (AvgIpc) is 2.36. The maximum absolute atomic E-state index is 11.0. The minimum absolute atomic E-state index is 0.0400. The summed E-state index contributed by atoms with van der Waals surface area (Å²) in [6.07, 6.45) is 2.70. The molecule has 1 N–H and O–H groups in total. The van der Waals surface area contributed by atoms with Crippen LogP contribution in [-0.4, -0.2) is 29.1 Å². The summed E-state index contributed by atoms with van der Waals surface area (Å²) < 4.78 is 0. The van der Waals surface area contributed by atoms with Crippen molar-refractivity contribution < 1.29 is 9.90 Å². The van der Waals surface area contributed by atoms with Crippen molar-refractivity contribution in [2.45, 2.75) is 26.3 Å². The summed E-state index contributed by atoms with van der Waals surface area (Å²) in [6.45, 7) is 8.66. The van der Waals surface area contributed by atoms with Crippen LogP contribution in [0.3, 0.4) is 0 Å². The first-order chi connectivity index (χ1) is 9.04. The predicted octanol–water partition coefficient (Wildman–Crippen LogP) is 3.35. The van der Waals surface area contributed by atoms with Crippen molar-refractivity contribution in [3.8, 4) is 0 Å². The zero-order valence-corrected chi connectivity index (χ0v) is 11.7. The lowest BCUT2D eigenvalue weighted by molar-refractivity contribution is -0.138. The highest BCUT2D eigenvalue weighted by Crippen LogP contribution is 2.27. The van der Waals surface area contributed by atoms with Gasteiger partial charge in [-0.05, 0) is 17.9 Å². The molecule has 0 aromatic heterocycles. The molecule has 0 radical (unpaired) electrons. The van der Waals surface area contributed by atoms with E-state index in [1.54, 1.807) is 6.08 Å². The van der Waals surface area contributed by atoms with Gasteiger partial charge in [-0.3, -0.25) is 9.69 Å². The Morgan fingerprint density at radius 2 is 2.00 bits per heavy atom. The van der Waals surface area contributed by atoms with Gasteiger partial charge < -0.3 is 5.11 Å². The summed E-state index contributed by atoms with van der Waals surface area (Å²) in [5.41, 5.74) is 1.17. The third kappa shape index (κ3) is 5.26. The van der Waals surface area contributed by atoms with Crippen LogP contribution in [0.15, 0.2) is 43.0 Å². The largest absolute Gasteiger partial charge is 0.480 e. The van der Waals surface area contributed by atoms with Crippen LogP contribution < -0.4 is 0 Å². The van der Waals surface area contributed by atoms with Gasteiger partial charge in [0.25, 0.3) is 0 Å². The SMILES string of the molecule is C=CCN(CC(=O)O)C(CC(C)C)c1ccccc1. The van der Waals surface area contributed by atoms with Gasteiger partial charge in [-0.25, -0.2) is 0 Å². The Labute approximate surface area is 115 Å². The van der Waals surface area contributed by atoms with Crippen LogP contribution in [0.25, 0.3) is 0 Å². The molecule has 0 aliphatic carbocycles. The molecule has 0 fully saturated rings. The average molecular weight is 261 g/mol. The third-order valence-corrected chi connectivity index (χ3v) is 3.02. The maximum Gasteiger partial charge on any atom is 0.317 e. The summed E-state index contributed by atoms with van der Waals surface area (Å²) >= 11 is 0. The molecule has 0 saturated carbocycles. The van der Waals surface area contributed by atoms with Crippen molar-refractivity contribution in [1.82, 2.24) is 4.90 Å². The molecule has 1 aromatic carbocycles. The molecule has 19 heavy (non-hydrogen) atoms. The van der Waals surface area contributed by atoms with Crippen LogP contribution in [0.2, 0.25) is 0 Å². The Hall–Kier alpha value is -1.61. The molecule has 0 aliphatic heterocycles. The standard InChI is InChI=1S/C16H23NO2/c1-4-10-17(12-16(18)19)15(11-13(2)3)14-8-6-5-7-9-14/h4-9,13,15H,1,10-12H2,2-3H3,(H,18,19). The molecule has 1 unspecified atom stereocenters. The monoisotopic (exact) mass is 261 g/mol. The van der Waals surface area contributed by atoms with Gasteiger partial charge in [0.15, 0.2) is 0 Å². The number of hydrogen-bond acceptors (Lipinski definition) is 2. The molecule has 1 atom stereocenters. The lowest BCUT2D eigenvalue weighted by Gasteiger charge is -2.31. The lowest BCUT2D eigenvalue weighted by atomic mass is 9.95. The Bertz CT molecular complexity index is 400. The van der Waals surface area contributed by atoms with Crippen LogP contribution in [0.1, 0.15) is 31.9 Å². The number of carboxylic acid groups (broad SMARTS) is 1. The van der Waals surface area contributed by atoms with E-state index < -0.39 is 5.97 Å². The zero-order valence-electron chi connectivity index (χ0n) is 11.7. The van der Waals surface area contributed by atoms with Crippen LogP contribution in [0.4, 0.5) is 0 Å². The Morgan fingerprint density at radius 1 is 1.37 bits per heavy atom. The molecule has 3 heteroatoms. The smallest absolute Gasteiger partial charge is 0.317 e. The van der Waals surface area contributed by atoms with Gasteiger partial charge in [0.1, 0.15) is 0 Å². The number of hydrogen-bond donors (Lipinski definition) is 1. The van der Waals surface area contributed by atoms with Crippen molar-refractivity contribution in [3.05, 3.63) is 48.6 Å². The van der Waals surface area contributed by atoms with Crippen molar-refractivity contribution >= 4 is 5.97 Å². The minimum atomic E-state index is -0.800. The highest BCUT2D eigenvalue weighted by atomic mass is 16.4. The molecule has 3 nitrogen and oxygen atoms in total. The van der Waals surface area contributed by atoms with Crippen molar-refractivity contribution in [1.29, 1.82) is 0 Å². The lowest BCUT2D eigenvalue weighted by Crippen LogP contribution is -2.34. The predicted molar refractivity (Wildman–Crippen MR) is 78.0 cm³/mol. The molecule has 0 saturated heterocycles. The first kappa shape index (κ1) is 15.4. The van der Waals surface area contributed by atoms with Crippen molar-refractivity contribution in [2.24, 2.45) is 5.92 Å². The van der Waals surface area contributed by atoms with Crippen LogP contribution in [0, 0.1) is 5.92 Å². The van der Waals surface area contributed by atoms with Crippen molar-refractivity contribution in [2.75, 3.05) is 13.1 Å². The molecule has 0 aliphatic rings. The summed E-state index contributed by atoms with van der Waals surface area (Å²) in [7, 11) is 0. The molecular formula is C16H23NO2. The number of aliphatic carboxylic acids is 1. The topological polar surface area (TPSA) is 40.5 Å². The highest BCUT2D eigenvalue weighted by Gasteiger charge is 2.22. The minimum Gasteiger partial charge on any atom is -0.480 e. The third-order valence-electron chi connectivity index (χ3n) is 3.02. The van der Waals surface area contributed by atoms with E-state index in [4.69, 9.17) is 5.11 Å². The second kappa shape index (κ2) is 7.74. The molecule has 0 heterocycles. The molecule has 0 spiro atoms. The van der Waals surface area contributed by atoms with E-state index in [1.807, 2.05) is 23.1 Å². The normalized spacial score (nSPS) is 12.6. The fourth-order valence-electron chi connectivity index (χ4n) is 2.26. The second-order valence-corrected chi connectivity index (χ2v) is 5.17. The van der Waals surface area contributed by atoms with Gasteiger partial charge in [-0.1, -0.05) is 50.3 Å². The van der Waals surface area contributed by atoms with Crippen LogP contribution in [-0.2, 0) is 4.79 Å². The Balaban J connectivity index is 2.98. The van der Waals surface area contributed by atoms with E-state index in [0.717, 1.165) is 6.42 Å². The first-order valence-electron chi connectivity index (χ1n) is 6.66. The maximum atomic E-state index is 11.0. The van der Waals surface area contributed by atoms with E-state index in [2.05, 4.69) is 32.6 Å². The summed E-state index contributed by atoms with van der Waals surface area (Å²) in [6, 6.07) is 10.2. The van der Waals surface area contributed by atoms with Gasteiger partial charge in [-0.2, -0.15) is 0 Å². The quantitative estimate of drug-likeness (QED) is 0.730. The zero-order chi connectivity index (χ0) is 14.3. The number of carbonyl (C=O) groups is 1. The number of benzene rings is 1. The highest BCUT2D eigenvalue weighted by molar-refractivity contribution is 5.69. The molecule has 0 bridgehead atoms. The molecular weight excluding hydrogens is 238 g/mol. The summed E-state index contributed by atoms with van der Waals surface area (Å²) in [4.78, 5) is 13.0. The Morgan fingerprint density at radius 3 is 2.47 bits per heavy atom. The fourth-order valence-corrected chi connectivity index (χ4v) is 2.26. The van der Waals surface area contributed by atoms with E-state index in [-0.39, 0.29) is 12.6 Å². The van der Waals surface area contributed by atoms with Gasteiger partial charge in [0, 0.05) is 12.6 Å². The summed E-state index contributed by atoms with van der Waals surface area (Å²) in [5, 5.41) is 9.06. The number of carboxylic acids is 1. The number of rotatable bonds is 8. The van der Waals surface area contributed by atoms with Crippen LogP contribution in [0.5, 0.6) is 0 Å². The van der Waals surface area contributed by atoms with E-state index >= 15 is 0 Å². The molecule has 0 amide bonds. The van der Waals surface area contributed by atoms with E-state index in [9.17, 15) is 4.79 Å². The van der Waals surface area contributed by atoms with Crippen molar-refractivity contribution in [3.63, 3.8) is 0 Å². The Kier molecular flexibility index (Phi) is 6.30. The van der Waals surface area contributed by atoms with Gasteiger partial charge in [-0.15, -0.1) is 6.58 Å². The van der Waals surface area contributed by atoms with Gasteiger partial charge >= 0.3 is 5.97 Å². The second-order valence-electron chi connectivity index (χ2n) is 5.17. The fraction of sp³-hybridized carbons (Fsp3) is 0.438. The number of nitrogens with zero attached hydrogens (tertiary/aromatic N) is 1. The first-order valence-corrected chi connectivity index (χ1v) is 6.66. The van der Waals surface area contributed by atoms with Gasteiger partial charge in [0.2, 0.25) is 0 Å². The van der Waals surface area contributed by atoms with Gasteiger partial charge in [0.05, 0.1) is 6.54 Å².